The predicted octanol–water partition coefficient (Wildman–Crippen LogP) is 17.9. The van der Waals surface area contributed by atoms with E-state index in [4.69, 9.17) is 101 Å². The van der Waals surface area contributed by atoms with Gasteiger partial charge in [-0.15, -0.1) is 5.11 Å². The lowest BCUT2D eigenvalue weighted by molar-refractivity contribution is -0.117. The van der Waals surface area contributed by atoms with Gasteiger partial charge in [0.2, 0.25) is 5.91 Å². The number of pyridine rings is 3. The standard InChI is InChI=1S/C23H28F2N6OS.C20H27ClN6O2S.C20H15N3O6S2.C19H25ClN6OS.C17H20Cl2N4/c1-14(32)31-13-23(24,25)19-15(31)4-2-5-16(19)33-21-20(27)29-18(12-28-21)30-10-8-22(9-11-30)7-3-6-17(22)26;1-11-19(30-14-3-6-24-17(23)15(14)21)26-13(9-28)18(25-11)27-7-4-20(5-8-27)10-29-12(2)16(20)22;1-30(25,26)15-7-5-12-9-14(6-4-13(12)10-15)22-23-17-11-18(31(27,28)29)16-3-2-8-21-19(16)20(17)24;1-11-15(20)13(3-6-23-11)28-18-17(22)25-14(9-24-18)26-7-4-19(5-8-26)10-27-12(2)16(19)21;1-17(2)6-8-23(9-7-17)13-10-21-15(16(20)22-13)11-4-3-5-12(18)14(11)19/h2,4-5,12,17H,3,6-11,13,26H2,1H3,(H2,27,29);3,6,12,16,28H,4-5,7-10,22H2,1-2H3,(H2,23,24);2-11,24H,1H3,(H,27,28,29);3,6,9,12,16H,4-5,7-8,10,21H2,1-2H3,(H2,22,25);3-5,10H,6-9H2,1-2H3,(H2,20,22)/t17-;12-,16+;;12-,16+;/m10.0./s1. The smallest absolute Gasteiger partial charge is 0.295 e. The van der Waals surface area contributed by atoms with Crippen molar-refractivity contribution in [3.8, 4) is 17.0 Å². The van der Waals surface area contributed by atoms with Crippen LogP contribution in [0.1, 0.15) is 128 Å². The van der Waals surface area contributed by atoms with Crippen LogP contribution in [0.4, 0.5) is 72.4 Å². The van der Waals surface area contributed by atoms with Gasteiger partial charge in [0.25, 0.3) is 16.0 Å². The maximum atomic E-state index is 14.8. The minimum Gasteiger partial charge on any atom is -0.504 e. The number of azo groups is 1. The number of sulfone groups is 1. The van der Waals surface area contributed by atoms with E-state index in [0.717, 1.165) is 184 Å². The lowest BCUT2D eigenvalue weighted by Crippen LogP contribution is -2.51. The number of nitrogens with two attached hydrogens (primary N) is 7. The maximum Gasteiger partial charge on any atom is 0.295 e. The molecule has 1 saturated carbocycles. The predicted molar refractivity (Wildman–Crippen MR) is 566 cm³/mol. The number of amides is 1. The molecule has 20 rings (SSSR count). The third-order valence-electron chi connectivity index (χ3n) is 28.6. The van der Waals surface area contributed by atoms with Gasteiger partial charge in [0, 0.05) is 139 Å². The molecule has 8 aliphatic rings. The van der Waals surface area contributed by atoms with Crippen LogP contribution in [0.15, 0.2) is 190 Å². The number of ether oxygens (including phenoxy) is 2. The average Bonchev–Trinajstić information content (AvgIpc) is 1.60. The number of aliphatic hydroxyl groups excluding tert-OH is 1. The zero-order valence-corrected chi connectivity index (χ0v) is 88.1. The molecule has 0 unspecified atom stereocenters. The van der Waals surface area contributed by atoms with E-state index in [2.05, 4.69) is 100 Å². The van der Waals surface area contributed by atoms with Crippen molar-refractivity contribution in [2.75, 3.05) is 126 Å². The molecule has 0 radical (unpaired) electrons. The van der Waals surface area contributed by atoms with Crippen LogP contribution in [0.2, 0.25) is 20.1 Å². The van der Waals surface area contributed by atoms with Crippen LogP contribution >= 0.6 is 81.7 Å². The largest absolute Gasteiger partial charge is 0.504 e. The lowest BCUT2D eigenvalue weighted by atomic mass is 9.73. The number of benzene rings is 5. The first-order chi connectivity index (χ1) is 68.8. The Morgan fingerprint density at radius 3 is 1.67 bits per heavy atom. The van der Waals surface area contributed by atoms with Gasteiger partial charge >= 0.3 is 0 Å². The molecule has 14 heterocycles. The summed E-state index contributed by atoms with van der Waals surface area (Å²) < 4.78 is 97.6. The van der Waals surface area contributed by atoms with Crippen molar-refractivity contribution in [1.29, 1.82) is 0 Å². The fraction of sp³-hybridized carbons (Fsp3) is 0.414. The quantitative estimate of drug-likeness (QED) is 0.0317. The van der Waals surface area contributed by atoms with E-state index < -0.39 is 43.2 Å². The molecule has 5 aromatic carbocycles. The number of hydrogen-bond acceptors (Lipinski definition) is 36. The third-order valence-corrected chi connectivity index (χ3v) is 35.8. The number of rotatable bonds is 16. The lowest BCUT2D eigenvalue weighted by Gasteiger charge is -2.42. The molecule has 7 aromatic heterocycles. The summed E-state index contributed by atoms with van der Waals surface area (Å²) in [7, 11) is -7.93. The molecule has 1 amide bonds. The molecule has 5 atom stereocenters. The molecule has 35 nitrogen and oxygen atoms in total. The molecule has 7 aliphatic heterocycles. The molecular formula is C99H115Cl4F2N25O10S5. The van der Waals surface area contributed by atoms with Gasteiger partial charge in [-0.25, -0.2) is 53.3 Å². The van der Waals surface area contributed by atoms with Crippen LogP contribution < -0.4 is 64.6 Å². The van der Waals surface area contributed by atoms with E-state index in [1.807, 2.05) is 39.0 Å². The Labute approximate surface area is 872 Å². The van der Waals surface area contributed by atoms with E-state index in [1.165, 1.54) is 67.7 Å². The van der Waals surface area contributed by atoms with E-state index >= 15 is 0 Å². The summed E-state index contributed by atoms with van der Waals surface area (Å²) in [5, 5.41) is 33.5. The Hall–Kier alpha value is -10.7. The minimum atomic E-state index is -4.60. The van der Waals surface area contributed by atoms with Gasteiger partial charge in [-0.3, -0.25) is 19.3 Å². The summed E-state index contributed by atoms with van der Waals surface area (Å²) in [5.41, 5.74) is 47.9. The SMILES string of the molecule is CC(=O)N1CC(F)(F)c2c(Sc3ncc(N4CCC5(CCC[C@H]5N)CC4)nc3N)cccc21.CC1(C)CCN(c2cnc(-c3cccc(Cl)c3Cl)c(N)n2)CC1.CS(=O)(=O)c1ccc2cc(N=Nc3cc(S(=O)(=O)O)c4cccnc4c3O)ccc2c1.Cc1nc(N2CCC3(CC2)CO[C@@H](C)[C@H]3N)c(CO)nc1Sc1ccnc(N)c1Cl.Cc1nccc(Sc2ncc(N3CCC4(CC3)CO[C@@H](C)[C@H]4N)nc2N)c1Cl. The minimum absolute atomic E-state index is 0.0333. The van der Waals surface area contributed by atoms with E-state index in [0.29, 0.717) is 103 Å². The highest BCUT2D eigenvalue weighted by molar-refractivity contribution is 8.00. The second-order valence-electron chi connectivity index (χ2n) is 38.5. The number of hydrogen-bond donors (Lipinski definition) is 10. The summed E-state index contributed by atoms with van der Waals surface area (Å²) in [5.74, 6) is 0.367. The highest BCUT2D eigenvalue weighted by Crippen LogP contribution is 2.53. The number of nitrogen functional groups attached to an aromatic ring is 4. The Morgan fingerprint density at radius 2 is 1.11 bits per heavy atom. The van der Waals surface area contributed by atoms with Crippen LogP contribution in [-0.2, 0) is 46.8 Å². The summed E-state index contributed by atoms with van der Waals surface area (Å²) >= 11 is 28.7. The highest BCUT2D eigenvalue weighted by Gasteiger charge is 2.51. The van der Waals surface area contributed by atoms with Gasteiger partial charge in [0.15, 0.2) is 38.9 Å². The molecule has 7 fully saturated rings. The average molecular weight is 2160 g/mol. The number of carbonyl (C=O) groups excluding carboxylic acids is 1. The number of aromatic hydroxyl groups is 1. The Morgan fingerprint density at radius 1 is 0.566 bits per heavy atom. The number of carbonyl (C=O) groups is 1. The van der Waals surface area contributed by atoms with Crippen molar-refractivity contribution in [2.24, 2.45) is 49.1 Å². The number of halogens is 6. The molecule has 1 aliphatic carbocycles. The number of aliphatic hydroxyl groups is 1. The summed E-state index contributed by atoms with van der Waals surface area (Å²) in [6.45, 7) is 21.4. The van der Waals surface area contributed by atoms with Crippen molar-refractivity contribution in [1.82, 2.24) is 54.8 Å². The van der Waals surface area contributed by atoms with Gasteiger partial charge in [-0.05, 0) is 186 Å². The van der Waals surface area contributed by atoms with Crippen molar-refractivity contribution >= 4 is 193 Å². The summed E-state index contributed by atoms with van der Waals surface area (Å²) in [6, 6.07) is 27.8. The Balaban J connectivity index is 0.000000130. The number of phenols is 1. The van der Waals surface area contributed by atoms with Gasteiger partial charge in [0.1, 0.15) is 65.8 Å². The molecule has 768 valence electrons. The zero-order valence-electron chi connectivity index (χ0n) is 81.0. The summed E-state index contributed by atoms with van der Waals surface area (Å²) in [6.07, 6.45) is 22.9. The second-order valence-corrected chi connectivity index (χ2v) is 46.5. The number of piperidine rings is 4. The van der Waals surface area contributed by atoms with Crippen molar-refractivity contribution in [3.05, 3.63) is 183 Å². The molecule has 46 heteroatoms. The second kappa shape index (κ2) is 44.0. The third kappa shape index (κ3) is 23.6. The fourth-order valence-corrected chi connectivity index (χ4v) is 24.5. The first-order valence-corrected chi connectivity index (χ1v) is 54.5. The molecule has 6 saturated heterocycles. The zero-order chi connectivity index (χ0) is 104. The van der Waals surface area contributed by atoms with Gasteiger partial charge in [-0.2, -0.15) is 22.3 Å². The number of phenolic OH excluding ortho intramolecular Hbond substituents is 1. The number of nitrogens with zero attached hydrogens (tertiary/aromatic N) is 18. The highest BCUT2D eigenvalue weighted by atomic mass is 35.5. The number of aryl methyl sites for hydroxylation is 2. The molecule has 17 N–H and O–H groups in total. The number of alkyl halides is 2. The van der Waals surface area contributed by atoms with E-state index in [9.17, 15) is 45.2 Å². The van der Waals surface area contributed by atoms with Crippen molar-refractivity contribution in [2.45, 2.75) is 202 Å². The van der Waals surface area contributed by atoms with Crippen LogP contribution in [0, 0.1) is 35.5 Å². The molecule has 0 bridgehead atoms. The van der Waals surface area contributed by atoms with E-state index in [-0.39, 0.29) is 103 Å². The van der Waals surface area contributed by atoms with Crippen molar-refractivity contribution in [3.63, 3.8) is 0 Å². The number of anilines is 9. The topological polar surface area (TPSA) is 529 Å². The Kier molecular flexibility index (Phi) is 32.5. The Bertz CT molecular complexity index is 7130. The monoisotopic (exact) mass is 2150 g/mol. The van der Waals surface area contributed by atoms with Crippen LogP contribution in [-0.4, -0.2) is 201 Å². The van der Waals surface area contributed by atoms with Crippen molar-refractivity contribution < 1.29 is 54.7 Å². The molecule has 12 aromatic rings. The first-order valence-electron chi connectivity index (χ1n) is 47.2. The summed E-state index contributed by atoms with van der Waals surface area (Å²) in [4.78, 5) is 72.2. The number of aromatic nitrogens is 11. The van der Waals surface area contributed by atoms with Gasteiger partial charge in [0.05, 0.1) is 110 Å². The number of fused-ring (bicyclic) bond motifs is 3. The first kappa shape index (κ1) is 107. The van der Waals surface area contributed by atoms with Crippen LogP contribution in [0.5, 0.6) is 5.75 Å². The normalized spacial score (nSPS) is 20.2. The van der Waals surface area contributed by atoms with Gasteiger partial charge in [-0.1, -0.05) is 132 Å². The van der Waals surface area contributed by atoms with Crippen LogP contribution in [0.3, 0.4) is 0 Å². The van der Waals surface area contributed by atoms with Gasteiger partial charge < -0.3 is 84.3 Å². The maximum absolute atomic E-state index is 14.8. The molecule has 3 spiro atoms. The fourth-order valence-electron chi connectivity index (χ4n) is 19.6. The van der Waals surface area contributed by atoms with Crippen LogP contribution in [0.25, 0.3) is 32.9 Å². The molecule has 145 heavy (non-hydrogen) atoms. The van der Waals surface area contributed by atoms with E-state index in [1.54, 1.807) is 91.6 Å². The molecular weight excluding hydrogens is 2040 g/mol.